The van der Waals surface area contributed by atoms with E-state index in [2.05, 4.69) is 0 Å². The van der Waals surface area contributed by atoms with Crippen LogP contribution in [0, 0.1) is 5.92 Å². The first-order valence-electron chi connectivity index (χ1n) is 12.9. The highest BCUT2D eigenvalue weighted by Gasteiger charge is 2.39. The van der Waals surface area contributed by atoms with Crippen molar-refractivity contribution in [1.29, 1.82) is 0 Å². The number of alkyl halides is 6. The molecule has 2 fully saturated rings. The molecule has 4 rings (SSSR count). The fourth-order valence-electron chi connectivity index (χ4n) is 5.49. The molecule has 0 bridgehead atoms. The first-order chi connectivity index (χ1) is 17.8. The molecular formula is C28H33ClF6N2O2. The zero-order valence-electron chi connectivity index (χ0n) is 21.5. The molecule has 0 aromatic heterocycles. The van der Waals surface area contributed by atoms with E-state index in [4.69, 9.17) is 10.5 Å². The summed E-state index contributed by atoms with van der Waals surface area (Å²) in [5.74, 6) is -0.305. The van der Waals surface area contributed by atoms with E-state index in [-0.39, 0.29) is 47.8 Å². The quantitative estimate of drug-likeness (QED) is 0.384. The van der Waals surface area contributed by atoms with Gasteiger partial charge in [0.1, 0.15) is 0 Å². The average molecular weight is 579 g/mol. The monoisotopic (exact) mass is 578 g/mol. The first-order valence-corrected chi connectivity index (χ1v) is 12.9. The molecule has 39 heavy (non-hydrogen) atoms. The maximum absolute atomic E-state index is 13.4. The van der Waals surface area contributed by atoms with Gasteiger partial charge >= 0.3 is 12.4 Å². The zero-order chi connectivity index (χ0) is 27.7. The normalized spacial score (nSPS) is 25.1. The predicted octanol–water partition coefficient (Wildman–Crippen LogP) is 7.13. The molecule has 0 radical (unpaired) electrons. The average Bonchev–Trinajstić information content (AvgIpc) is 2.88. The number of amides is 1. The van der Waals surface area contributed by atoms with Crippen LogP contribution in [-0.2, 0) is 21.9 Å². The van der Waals surface area contributed by atoms with E-state index >= 15 is 0 Å². The Labute approximate surface area is 230 Å². The number of piperidine rings is 1. The number of halogens is 7. The number of hydrogen-bond acceptors (Lipinski definition) is 3. The van der Waals surface area contributed by atoms with E-state index in [1.807, 2.05) is 35.2 Å². The van der Waals surface area contributed by atoms with Gasteiger partial charge in [-0.25, -0.2) is 0 Å². The highest BCUT2D eigenvalue weighted by Crippen LogP contribution is 2.40. The van der Waals surface area contributed by atoms with Crippen LogP contribution in [0.4, 0.5) is 26.3 Å². The molecule has 1 saturated carbocycles. The maximum atomic E-state index is 13.4. The van der Waals surface area contributed by atoms with Gasteiger partial charge in [-0.1, -0.05) is 30.3 Å². The van der Waals surface area contributed by atoms with Crippen molar-refractivity contribution in [3.05, 3.63) is 70.8 Å². The second kappa shape index (κ2) is 12.5. The van der Waals surface area contributed by atoms with Crippen molar-refractivity contribution >= 4 is 18.3 Å². The summed E-state index contributed by atoms with van der Waals surface area (Å²) in [6.45, 7) is 2.22. The Morgan fingerprint density at radius 3 is 2.03 bits per heavy atom. The summed E-state index contributed by atoms with van der Waals surface area (Å²) in [7, 11) is 0. The third-order valence-electron chi connectivity index (χ3n) is 7.67. The van der Waals surface area contributed by atoms with Gasteiger partial charge in [0.2, 0.25) is 5.91 Å². The minimum absolute atomic E-state index is 0. The smallest absolute Gasteiger partial charge is 0.370 e. The van der Waals surface area contributed by atoms with Crippen molar-refractivity contribution in [2.75, 3.05) is 13.1 Å². The lowest BCUT2D eigenvalue weighted by atomic mass is 9.83. The van der Waals surface area contributed by atoms with Crippen LogP contribution in [0.3, 0.4) is 0 Å². The summed E-state index contributed by atoms with van der Waals surface area (Å²) in [5, 5.41) is 0. The van der Waals surface area contributed by atoms with Crippen LogP contribution in [0.2, 0.25) is 0 Å². The molecule has 11 heteroatoms. The third-order valence-corrected chi connectivity index (χ3v) is 7.67. The highest BCUT2D eigenvalue weighted by atomic mass is 35.5. The molecule has 1 heterocycles. The van der Waals surface area contributed by atoms with Crippen LogP contribution >= 0.6 is 12.4 Å². The molecule has 1 aliphatic carbocycles. The molecule has 2 aromatic carbocycles. The number of nitrogens with zero attached hydrogens (tertiary/aromatic N) is 1. The summed E-state index contributed by atoms with van der Waals surface area (Å²) in [4.78, 5) is 15.1. The summed E-state index contributed by atoms with van der Waals surface area (Å²) in [6, 6.07) is 11.0. The molecule has 216 valence electrons. The SMILES string of the molecule is C[C@@H](O[C@@H]1CCN(C(=O)[C@H]2CC[C@H](N)CC2)C[C@@H]1c1ccccc1)c1cc(C(F)(F)F)cc(C(F)(F)F)c1.Cl. The number of likely N-dealkylation sites (tertiary alicyclic amines) is 1. The van der Waals surface area contributed by atoms with E-state index in [0.29, 0.717) is 31.6 Å². The molecule has 1 saturated heterocycles. The summed E-state index contributed by atoms with van der Waals surface area (Å²) < 4.78 is 86.5. The second-order valence-corrected chi connectivity index (χ2v) is 10.4. The van der Waals surface area contributed by atoms with Crippen LogP contribution in [-0.4, -0.2) is 36.0 Å². The molecule has 1 aliphatic heterocycles. The fraction of sp³-hybridized carbons (Fsp3) is 0.536. The van der Waals surface area contributed by atoms with Gasteiger partial charge in [-0.2, -0.15) is 26.3 Å². The van der Waals surface area contributed by atoms with E-state index in [9.17, 15) is 31.1 Å². The largest absolute Gasteiger partial charge is 0.416 e. The number of nitrogens with two attached hydrogens (primary N) is 1. The molecule has 3 atom stereocenters. The molecule has 0 unspecified atom stereocenters. The van der Waals surface area contributed by atoms with Crippen LogP contribution < -0.4 is 5.73 Å². The van der Waals surface area contributed by atoms with Gasteiger partial charge in [0, 0.05) is 31.0 Å². The molecule has 2 N–H and O–H groups in total. The third kappa shape index (κ3) is 7.67. The summed E-state index contributed by atoms with van der Waals surface area (Å²) in [5.41, 5.74) is 3.94. The fourth-order valence-corrected chi connectivity index (χ4v) is 5.49. The summed E-state index contributed by atoms with van der Waals surface area (Å²) in [6.07, 6.45) is -7.92. The number of carbonyl (C=O) groups is 1. The van der Waals surface area contributed by atoms with Crippen LogP contribution in [0.1, 0.15) is 73.3 Å². The van der Waals surface area contributed by atoms with Gasteiger partial charge in [-0.3, -0.25) is 4.79 Å². The minimum Gasteiger partial charge on any atom is -0.370 e. The number of hydrogen-bond donors (Lipinski definition) is 1. The van der Waals surface area contributed by atoms with Crippen molar-refractivity contribution in [3.8, 4) is 0 Å². The molecular weight excluding hydrogens is 546 g/mol. The number of benzene rings is 2. The van der Waals surface area contributed by atoms with Crippen molar-refractivity contribution < 1.29 is 35.9 Å². The Morgan fingerprint density at radius 2 is 1.49 bits per heavy atom. The Morgan fingerprint density at radius 1 is 0.923 bits per heavy atom. The molecule has 0 spiro atoms. The Bertz CT molecular complexity index is 1070. The number of carbonyl (C=O) groups excluding carboxylic acids is 1. The van der Waals surface area contributed by atoms with E-state index < -0.39 is 35.7 Å². The van der Waals surface area contributed by atoms with Gasteiger partial charge in [0.05, 0.1) is 23.3 Å². The van der Waals surface area contributed by atoms with Gasteiger partial charge in [0.25, 0.3) is 0 Å². The number of ether oxygens (including phenoxy) is 1. The Hall–Kier alpha value is -2.30. The molecule has 1 amide bonds. The second-order valence-electron chi connectivity index (χ2n) is 10.4. The van der Waals surface area contributed by atoms with E-state index in [1.54, 1.807) is 0 Å². The topological polar surface area (TPSA) is 55.6 Å². The van der Waals surface area contributed by atoms with Crippen LogP contribution in [0.5, 0.6) is 0 Å². The van der Waals surface area contributed by atoms with E-state index in [1.165, 1.54) is 6.92 Å². The van der Waals surface area contributed by atoms with Crippen molar-refractivity contribution in [3.63, 3.8) is 0 Å². The lowest BCUT2D eigenvalue weighted by Crippen LogP contribution is -2.48. The minimum atomic E-state index is -4.93. The molecule has 2 aliphatic rings. The first kappa shape index (κ1) is 31.2. The van der Waals surface area contributed by atoms with Crippen LogP contribution in [0.25, 0.3) is 0 Å². The predicted molar refractivity (Wildman–Crippen MR) is 137 cm³/mol. The van der Waals surface area contributed by atoms with Gasteiger partial charge < -0.3 is 15.4 Å². The summed E-state index contributed by atoms with van der Waals surface area (Å²) >= 11 is 0. The van der Waals surface area contributed by atoms with Gasteiger partial charge in [0.15, 0.2) is 0 Å². The number of rotatable bonds is 5. The highest BCUT2D eigenvalue weighted by molar-refractivity contribution is 5.85. The standard InChI is InChI=1S/C28H32F6N2O2.ClH/c1-17(20-13-21(27(29,30)31)15-22(14-20)28(32,33)34)38-25-11-12-36(16-24(25)18-5-3-2-4-6-18)26(37)19-7-9-23(35)10-8-19;/h2-6,13-15,17,19,23-25H,7-12,16,35H2,1H3;1H/t17-,19-,23-,24-,25-;/m1./s1. The Kier molecular flexibility index (Phi) is 9.99. The molecule has 4 nitrogen and oxygen atoms in total. The van der Waals surface area contributed by atoms with Gasteiger partial charge in [-0.15, -0.1) is 12.4 Å². The van der Waals surface area contributed by atoms with Crippen molar-refractivity contribution in [2.24, 2.45) is 11.7 Å². The lowest BCUT2D eigenvalue weighted by molar-refractivity contribution is -0.143. The Balaban J connectivity index is 0.00000420. The van der Waals surface area contributed by atoms with Crippen molar-refractivity contribution in [1.82, 2.24) is 4.90 Å². The van der Waals surface area contributed by atoms with Gasteiger partial charge in [-0.05, 0) is 68.4 Å². The maximum Gasteiger partial charge on any atom is 0.416 e. The zero-order valence-corrected chi connectivity index (χ0v) is 22.3. The lowest BCUT2D eigenvalue weighted by Gasteiger charge is -2.41. The van der Waals surface area contributed by atoms with E-state index in [0.717, 1.165) is 31.2 Å². The molecule has 2 aromatic rings. The van der Waals surface area contributed by atoms with Crippen LogP contribution in [0.15, 0.2) is 48.5 Å². The van der Waals surface area contributed by atoms with Crippen molar-refractivity contribution in [2.45, 2.75) is 75.5 Å².